The molecular formula is C9H18N+. The van der Waals surface area contributed by atoms with Crippen LogP contribution in [0, 0.1) is 0 Å². The molecule has 2 N–H and O–H groups in total. The lowest BCUT2D eigenvalue weighted by atomic mass is 10.1. The molecule has 0 atom stereocenters. The van der Waals surface area contributed by atoms with E-state index in [2.05, 4.69) is 19.2 Å². The van der Waals surface area contributed by atoms with Crippen molar-refractivity contribution in [3.8, 4) is 0 Å². The van der Waals surface area contributed by atoms with E-state index in [4.69, 9.17) is 0 Å². The van der Waals surface area contributed by atoms with E-state index in [1.165, 1.54) is 32.2 Å². The van der Waals surface area contributed by atoms with Gasteiger partial charge in [-0.25, -0.2) is 0 Å². The van der Waals surface area contributed by atoms with E-state index in [1.54, 1.807) is 11.3 Å². The molecule has 1 heteroatoms. The van der Waals surface area contributed by atoms with Crippen LogP contribution in [-0.2, 0) is 0 Å². The quantitative estimate of drug-likeness (QED) is 0.610. The summed E-state index contributed by atoms with van der Waals surface area (Å²) in [6.07, 6.45) is 5.39. The molecule has 1 rings (SSSR count). The van der Waals surface area contributed by atoms with E-state index >= 15 is 0 Å². The van der Waals surface area contributed by atoms with Crippen molar-refractivity contribution in [3.63, 3.8) is 0 Å². The predicted octanol–water partition coefficient (Wildman–Crippen LogP) is 1.42. The first kappa shape index (κ1) is 7.80. The molecule has 0 saturated heterocycles. The molecule has 0 aromatic rings. The Morgan fingerprint density at radius 1 is 1.50 bits per heavy atom. The lowest BCUT2D eigenvalue weighted by molar-refractivity contribution is -0.596. The maximum absolute atomic E-state index is 2.37. The van der Waals surface area contributed by atoms with Gasteiger partial charge in [0.25, 0.3) is 0 Å². The molecule has 10 heavy (non-hydrogen) atoms. The Morgan fingerprint density at radius 3 is 2.80 bits per heavy atom. The van der Waals surface area contributed by atoms with Crippen molar-refractivity contribution in [1.82, 2.24) is 0 Å². The highest BCUT2D eigenvalue weighted by atomic mass is 14.9. The van der Waals surface area contributed by atoms with Crippen LogP contribution >= 0.6 is 0 Å². The van der Waals surface area contributed by atoms with Crippen LogP contribution in [0.4, 0.5) is 0 Å². The third-order valence-corrected chi connectivity index (χ3v) is 2.29. The van der Waals surface area contributed by atoms with Gasteiger partial charge in [0.15, 0.2) is 0 Å². The number of hydrogen-bond acceptors (Lipinski definition) is 0. The minimum absolute atomic E-state index is 1.30. The van der Waals surface area contributed by atoms with Crippen LogP contribution in [0.2, 0.25) is 0 Å². The molecule has 0 radical (unpaired) electrons. The second kappa shape index (κ2) is 3.77. The summed E-state index contributed by atoms with van der Waals surface area (Å²) < 4.78 is 0. The fraction of sp³-hybridized carbons (Fsp3) is 0.778. The highest BCUT2D eigenvalue weighted by Crippen LogP contribution is 2.14. The van der Waals surface area contributed by atoms with Crippen molar-refractivity contribution in [2.75, 3.05) is 6.54 Å². The lowest BCUT2D eigenvalue weighted by Gasteiger charge is -1.96. The second-order valence-corrected chi connectivity index (χ2v) is 3.13. The smallest absolute Gasteiger partial charge is 0.102 e. The number of nitrogens with two attached hydrogens (primary N) is 1. The summed E-state index contributed by atoms with van der Waals surface area (Å²) in [6, 6.07) is 0. The Morgan fingerprint density at radius 2 is 2.30 bits per heavy atom. The molecule has 0 saturated carbocycles. The summed E-state index contributed by atoms with van der Waals surface area (Å²) in [5, 5.41) is 2.37. The van der Waals surface area contributed by atoms with Crippen molar-refractivity contribution >= 4 is 0 Å². The summed E-state index contributed by atoms with van der Waals surface area (Å²) >= 11 is 0. The standard InChI is InChI=1S/C9H17N/c1-3-4-5-9-6-7-10-8(9)2/h10H,3-7H2,1-2H3/p+1. The lowest BCUT2D eigenvalue weighted by Crippen LogP contribution is -2.79. The number of quaternary nitrogens is 1. The zero-order valence-electron chi connectivity index (χ0n) is 7.11. The van der Waals surface area contributed by atoms with Gasteiger partial charge in [-0.3, -0.25) is 0 Å². The van der Waals surface area contributed by atoms with Crippen molar-refractivity contribution < 1.29 is 5.32 Å². The van der Waals surface area contributed by atoms with Gasteiger partial charge >= 0.3 is 0 Å². The van der Waals surface area contributed by atoms with E-state index in [0.717, 1.165) is 0 Å². The van der Waals surface area contributed by atoms with E-state index in [0.29, 0.717) is 0 Å². The average molecular weight is 140 g/mol. The van der Waals surface area contributed by atoms with Crippen LogP contribution < -0.4 is 5.32 Å². The molecule has 0 amide bonds. The fourth-order valence-corrected chi connectivity index (χ4v) is 1.52. The maximum Gasteiger partial charge on any atom is 0.102 e. The molecule has 0 aliphatic carbocycles. The van der Waals surface area contributed by atoms with Gasteiger partial charge in [0.1, 0.15) is 5.70 Å². The molecule has 1 aliphatic heterocycles. The minimum Gasteiger partial charge on any atom is -0.317 e. The van der Waals surface area contributed by atoms with Gasteiger partial charge < -0.3 is 5.32 Å². The van der Waals surface area contributed by atoms with Crippen LogP contribution in [0.25, 0.3) is 0 Å². The van der Waals surface area contributed by atoms with Gasteiger partial charge in [-0.2, -0.15) is 0 Å². The van der Waals surface area contributed by atoms with Crippen LogP contribution in [0.15, 0.2) is 11.3 Å². The SMILES string of the molecule is CCCCC1=C(C)[NH2+]CC1. The normalized spacial score (nSPS) is 18.6. The molecule has 0 bridgehead atoms. The summed E-state index contributed by atoms with van der Waals surface area (Å²) in [5.41, 5.74) is 3.27. The van der Waals surface area contributed by atoms with Crippen LogP contribution in [-0.4, -0.2) is 6.54 Å². The van der Waals surface area contributed by atoms with Gasteiger partial charge in [-0.1, -0.05) is 13.3 Å². The van der Waals surface area contributed by atoms with Crippen molar-refractivity contribution in [2.24, 2.45) is 0 Å². The Labute approximate surface area is 63.5 Å². The van der Waals surface area contributed by atoms with Crippen molar-refractivity contribution in [3.05, 3.63) is 11.3 Å². The Balaban J connectivity index is 2.31. The van der Waals surface area contributed by atoms with Crippen molar-refractivity contribution in [1.29, 1.82) is 0 Å². The Kier molecular flexibility index (Phi) is 2.94. The number of allylic oxidation sites excluding steroid dienone is 1. The van der Waals surface area contributed by atoms with E-state index in [1.807, 2.05) is 0 Å². The van der Waals surface area contributed by atoms with Gasteiger partial charge in [-0.15, -0.1) is 0 Å². The Bertz CT molecular complexity index is 136. The summed E-state index contributed by atoms with van der Waals surface area (Å²) in [7, 11) is 0. The average Bonchev–Trinajstić information content (AvgIpc) is 2.31. The summed E-state index contributed by atoms with van der Waals surface area (Å²) in [4.78, 5) is 0. The maximum atomic E-state index is 2.37. The monoisotopic (exact) mass is 140 g/mol. The second-order valence-electron chi connectivity index (χ2n) is 3.13. The van der Waals surface area contributed by atoms with E-state index < -0.39 is 0 Å². The molecule has 0 spiro atoms. The molecule has 1 heterocycles. The van der Waals surface area contributed by atoms with Gasteiger partial charge in [0.2, 0.25) is 0 Å². The third kappa shape index (κ3) is 1.84. The minimum atomic E-state index is 1.30. The zero-order valence-corrected chi connectivity index (χ0v) is 7.11. The van der Waals surface area contributed by atoms with Crippen LogP contribution in [0.1, 0.15) is 39.5 Å². The molecule has 0 unspecified atom stereocenters. The molecule has 0 aromatic carbocycles. The van der Waals surface area contributed by atoms with Crippen LogP contribution in [0.5, 0.6) is 0 Å². The van der Waals surface area contributed by atoms with Gasteiger partial charge in [0, 0.05) is 13.3 Å². The fourth-order valence-electron chi connectivity index (χ4n) is 1.52. The van der Waals surface area contributed by atoms with E-state index in [-0.39, 0.29) is 0 Å². The summed E-state index contributed by atoms with van der Waals surface area (Å²) in [5.74, 6) is 0. The molecule has 1 aliphatic rings. The zero-order chi connectivity index (χ0) is 7.40. The molecule has 0 fully saturated rings. The van der Waals surface area contributed by atoms with E-state index in [9.17, 15) is 0 Å². The molecular weight excluding hydrogens is 122 g/mol. The molecule has 1 nitrogen and oxygen atoms in total. The predicted molar refractivity (Wildman–Crippen MR) is 43.6 cm³/mol. The topological polar surface area (TPSA) is 16.6 Å². The van der Waals surface area contributed by atoms with Gasteiger partial charge in [0.05, 0.1) is 6.54 Å². The largest absolute Gasteiger partial charge is 0.317 e. The highest BCUT2D eigenvalue weighted by molar-refractivity contribution is 5.07. The number of hydrogen-bond donors (Lipinski definition) is 1. The third-order valence-electron chi connectivity index (χ3n) is 2.29. The number of unbranched alkanes of at least 4 members (excludes halogenated alkanes) is 1. The highest BCUT2D eigenvalue weighted by Gasteiger charge is 2.12. The Hall–Kier alpha value is -0.300. The first-order chi connectivity index (χ1) is 4.84. The first-order valence-electron chi connectivity index (χ1n) is 4.36. The molecule has 58 valence electrons. The molecule has 0 aromatic heterocycles. The number of rotatable bonds is 3. The first-order valence-corrected chi connectivity index (χ1v) is 4.36. The summed E-state index contributed by atoms with van der Waals surface area (Å²) in [6.45, 7) is 5.80. The van der Waals surface area contributed by atoms with Gasteiger partial charge in [-0.05, 0) is 18.4 Å². The van der Waals surface area contributed by atoms with Crippen molar-refractivity contribution in [2.45, 2.75) is 39.5 Å². The van der Waals surface area contributed by atoms with Crippen LogP contribution in [0.3, 0.4) is 0 Å².